The van der Waals surface area contributed by atoms with Crippen molar-refractivity contribution in [3.63, 3.8) is 0 Å². The molecule has 8 atom stereocenters. The number of para-hydroxylation sites is 3. The number of rotatable bonds is 22. The minimum absolute atomic E-state index is 0.116. The van der Waals surface area contributed by atoms with Crippen molar-refractivity contribution in [2.45, 2.75) is 156 Å². The number of amides is 11. The molecule has 25 nitrogen and oxygen atoms in total. The van der Waals surface area contributed by atoms with Crippen LogP contribution in [0.2, 0.25) is 0 Å². The van der Waals surface area contributed by atoms with Gasteiger partial charge in [0.25, 0.3) is 17.7 Å². The molecule has 0 radical (unpaired) electrons. The molecule has 6 aromatic carbocycles. The van der Waals surface area contributed by atoms with Crippen molar-refractivity contribution in [3.8, 4) is 35.5 Å². The molecule has 11 N–H and O–H groups in total. The van der Waals surface area contributed by atoms with E-state index >= 15 is 0 Å². The summed E-state index contributed by atoms with van der Waals surface area (Å²) in [6.45, 7) is 21.8. The van der Waals surface area contributed by atoms with E-state index < -0.39 is 131 Å². The van der Waals surface area contributed by atoms with Crippen LogP contribution >= 0.6 is 0 Å². The number of carbonyl (C=O) groups is 12. The van der Waals surface area contributed by atoms with Gasteiger partial charge in [-0.1, -0.05) is 108 Å². The third-order valence-corrected chi connectivity index (χ3v) is 14.8. The molecule has 0 bridgehead atoms. The van der Waals surface area contributed by atoms with Gasteiger partial charge in [0.05, 0.1) is 33.8 Å². The summed E-state index contributed by atoms with van der Waals surface area (Å²) < 4.78 is 10.5. The SMILES string of the molecule is C[C@H](NC(=O)OC(C)(C)C)C(=O)N[C@@H](C)C(=O)Nc1ccccc1C#Cc1ccccc1C(=O)N[C@@H](C)C(=O)N[C@@H](C)C(=O)Nc1ccccc1C#Cc1ccccc1C(=O)N[C@@H](C)C(=O)N[C@@H](C)C(=O)Nc1ccccc1C#Cc1ccccc1C(=O)N[C@@H](C)C(=O)N[C@@H](C)C(=O)OC(C)(C)C. The maximum absolute atomic E-state index is 13.8. The number of hydrogen-bond acceptors (Lipinski definition) is 14. The van der Waals surface area contributed by atoms with E-state index in [4.69, 9.17) is 9.47 Å². The average molecular weight is 1400 g/mol. The number of anilines is 3. The zero-order valence-corrected chi connectivity index (χ0v) is 59.7. The highest BCUT2D eigenvalue weighted by molar-refractivity contribution is 6.04. The molecule has 536 valence electrons. The third kappa shape index (κ3) is 24.7. The summed E-state index contributed by atoms with van der Waals surface area (Å²) in [6.07, 6.45) is -0.793. The number of benzene rings is 6. The van der Waals surface area contributed by atoms with Gasteiger partial charge in [-0.25, -0.2) is 9.59 Å². The van der Waals surface area contributed by atoms with Crippen LogP contribution in [0.15, 0.2) is 146 Å². The monoisotopic (exact) mass is 1400 g/mol. The van der Waals surface area contributed by atoms with Gasteiger partial charge in [-0.05, 0) is 170 Å². The highest BCUT2D eigenvalue weighted by atomic mass is 16.6. The molecule has 0 saturated carbocycles. The van der Waals surface area contributed by atoms with E-state index in [1.807, 2.05) is 0 Å². The molecule has 0 heterocycles. The fourth-order valence-electron chi connectivity index (χ4n) is 9.17. The third-order valence-electron chi connectivity index (χ3n) is 14.8. The quantitative estimate of drug-likeness (QED) is 0.0248. The Morgan fingerprint density at radius 2 is 0.495 bits per heavy atom. The Morgan fingerprint density at radius 1 is 0.272 bits per heavy atom. The van der Waals surface area contributed by atoms with E-state index in [0.717, 1.165) is 0 Å². The highest BCUT2D eigenvalue weighted by Crippen LogP contribution is 2.20. The number of hydrogen-bond donors (Lipinski definition) is 11. The highest BCUT2D eigenvalue weighted by Gasteiger charge is 2.29. The maximum atomic E-state index is 13.8. The van der Waals surface area contributed by atoms with Crippen molar-refractivity contribution in [3.05, 3.63) is 196 Å². The Bertz CT molecular complexity index is 4420. The lowest BCUT2D eigenvalue weighted by atomic mass is 10.1. The molecule has 0 spiro atoms. The normalized spacial score (nSPS) is 13.1. The Hall–Kier alpha value is -12.6. The molecule has 0 aromatic heterocycles. The molecule has 6 rings (SSSR count). The molecule has 0 aliphatic carbocycles. The van der Waals surface area contributed by atoms with Crippen molar-refractivity contribution in [2.24, 2.45) is 0 Å². The second-order valence-electron chi connectivity index (χ2n) is 25.9. The van der Waals surface area contributed by atoms with Crippen LogP contribution in [0, 0.1) is 35.5 Å². The van der Waals surface area contributed by atoms with Gasteiger partial charge in [-0.3, -0.25) is 47.9 Å². The lowest BCUT2D eigenvalue weighted by Gasteiger charge is -2.23. The fraction of sp³-hybridized carbons (Fsp3) is 0.308. The van der Waals surface area contributed by atoms with E-state index in [2.05, 4.69) is 94.0 Å². The molecule has 25 heteroatoms. The van der Waals surface area contributed by atoms with Crippen LogP contribution in [0.4, 0.5) is 21.9 Å². The minimum atomic E-state index is -1.15. The Morgan fingerprint density at radius 3 is 0.777 bits per heavy atom. The predicted molar refractivity (Wildman–Crippen MR) is 388 cm³/mol. The van der Waals surface area contributed by atoms with Crippen molar-refractivity contribution in [2.75, 3.05) is 16.0 Å². The Kier molecular flexibility index (Phi) is 28.1. The number of alkyl carbamates (subject to hydrolysis) is 1. The van der Waals surface area contributed by atoms with Crippen LogP contribution in [0.1, 0.15) is 161 Å². The van der Waals surface area contributed by atoms with Gasteiger partial charge in [0, 0.05) is 33.4 Å². The number of ether oxygens (including phenoxy) is 2. The molecule has 103 heavy (non-hydrogen) atoms. The lowest BCUT2D eigenvalue weighted by molar-refractivity contribution is -0.158. The van der Waals surface area contributed by atoms with Crippen LogP contribution in [0.25, 0.3) is 0 Å². The summed E-state index contributed by atoms with van der Waals surface area (Å²) in [5, 5.41) is 29.1. The van der Waals surface area contributed by atoms with Crippen LogP contribution in [-0.2, 0) is 47.8 Å². The summed E-state index contributed by atoms with van der Waals surface area (Å²) >= 11 is 0. The zero-order chi connectivity index (χ0) is 75.9. The van der Waals surface area contributed by atoms with Crippen LogP contribution < -0.4 is 58.5 Å². The molecule has 0 saturated heterocycles. The van der Waals surface area contributed by atoms with Gasteiger partial charge >= 0.3 is 12.1 Å². The summed E-state index contributed by atoms with van der Waals surface area (Å²) in [5.74, 6) is 11.0. The van der Waals surface area contributed by atoms with E-state index in [1.165, 1.54) is 73.6 Å². The zero-order valence-electron chi connectivity index (χ0n) is 59.7. The summed E-state index contributed by atoms with van der Waals surface area (Å²) in [6, 6.07) is 30.6. The standard InChI is InChI=1S/C78H85N11O14/c1-45(65(90)80-49(5)70(95)88-63-37-25-19-31-57(63)44-41-55-29-17-23-35-61(55)74(99)84-47(3)67(92)85-52(8)75(100)102-77(9,10)11)82-72(97)59-33-21-15-27-53(59)39-42-56-30-18-24-36-62(56)87-69(94)48(4)79-66(91)46(2)83-73(98)60-34-22-16-28-54(60)40-43-58-32-20-26-38-64(58)89-71(96)50(6)81-68(93)51(7)86-76(101)103-78(12,13)14/h15-38,45-52H,1-14H3,(H,79,91)(H,80,90)(H,81,93)(H,82,97)(H,83,98)(H,84,99)(H,85,92)(H,86,101)(H,87,94)(H,88,95)(H,89,96)/t45-,46-,47-,48-,49-,50-,51-,52-/m0/s1. The van der Waals surface area contributed by atoms with E-state index in [9.17, 15) is 57.5 Å². The summed E-state index contributed by atoms with van der Waals surface area (Å²) in [4.78, 5) is 159. The maximum Gasteiger partial charge on any atom is 0.408 e. The van der Waals surface area contributed by atoms with Gasteiger partial charge in [-0.15, -0.1) is 0 Å². The second kappa shape index (κ2) is 36.5. The van der Waals surface area contributed by atoms with E-state index in [-0.39, 0.29) is 27.9 Å². The molecule has 0 aliphatic heterocycles. The molecular formula is C78H85N11O14. The van der Waals surface area contributed by atoms with Crippen molar-refractivity contribution in [1.29, 1.82) is 0 Å². The lowest BCUT2D eigenvalue weighted by Crippen LogP contribution is -2.51. The topological polar surface area (TPSA) is 356 Å². The molecule has 0 fully saturated rings. The smallest absolute Gasteiger partial charge is 0.408 e. The molecule has 0 aliphatic rings. The minimum Gasteiger partial charge on any atom is -0.458 e. The predicted octanol–water partition coefficient (Wildman–Crippen LogP) is 6.73. The van der Waals surface area contributed by atoms with E-state index in [1.54, 1.807) is 169 Å². The van der Waals surface area contributed by atoms with Crippen molar-refractivity contribution in [1.82, 2.24) is 42.5 Å². The molecule has 0 unspecified atom stereocenters. The molecule has 11 amide bonds. The first-order valence-corrected chi connectivity index (χ1v) is 33.0. The number of carbonyl (C=O) groups excluding carboxylic acids is 12. The van der Waals surface area contributed by atoms with Gasteiger partial charge in [0.2, 0.25) is 41.4 Å². The van der Waals surface area contributed by atoms with Crippen LogP contribution in [0.5, 0.6) is 0 Å². The first-order chi connectivity index (χ1) is 48.6. The molecular weight excluding hydrogens is 1310 g/mol. The summed E-state index contributed by atoms with van der Waals surface area (Å²) in [7, 11) is 0. The van der Waals surface area contributed by atoms with Crippen LogP contribution in [-0.4, -0.2) is 131 Å². The first kappa shape index (κ1) is 79.4. The Balaban J connectivity index is 1.00. The van der Waals surface area contributed by atoms with Gasteiger partial charge in [0.1, 0.15) is 59.5 Å². The second-order valence-corrected chi connectivity index (χ2v) is 25.9. The number of nitrogens with one attached hydrogen (secondary N) is 11. The first-order valence-electron chi connectivity index (χ1n) is 33.0. The Labute approximate surface area is 598 Å². The summed E-state index contributed by atoms with van der Waals surface area (Å²) in [5.41, 5.74) is 1.73. The van der Waals surface area contributed by atoms with Crippen LogP contribution in [0.3, 0.4) is 0 Å². The number of esters is 1. The fourth-order valence-corrected chi connectivity index (χ4v) is 9.17. The largest absolute Gasteiger partial charge is 0.458 e. The van der Waals surface area contributed by atoms with Crippen molar-refractivity contribution < 1.29 is 67.0 Å². The average Bonchev–Trinajstić information content (AvgIpc) is 0.849. The van der Waals surface area contributed by atoms with E-state index in [0.29, 0.717) is 39.2 Å². The van der Waals surface area contributed by atoms with Gasteiger partial charge < -0.3 is 68.0 Å². The van der Waals surface area contributed by atoms with Crippen molar-refractivity contribution >= 4 is 88.2 Å². The van der Waals surface area contributed by atoms with Gasteiger partial charge in [0.15, 0.2) is 0 Å². The molecule has 6 aromatic rings. The van der Waals surface area contributed by atoms with Gasteiger partial charge in [-0.2, -0.15) is 0 Å².